The minimum Gasteiger partial charge on any atom is -0.282 e. The Labute approximate surface area is 94.5 Å². The van der Waals surface area contributed by atoms with Gasteiger partial charge in [0.05, 0.1) is 21.9 Å². The van der Waals surface area contributed by atoms with Crippen molar-refractivity contribution in [1.29, 1.82) is 0 Å². The first kappa shape index (κ1) is 11.3. The smallest absolute Gasteiger partial charge is 0.282 e. The van der Waals surface area contributed by atoms with Crippen molar-refractivity contribution in [2.75, 3.05) is 0 Å². The van der Waals surface area contributed by atoms with Gasteiger partial charge in [0.2, 0.25) is 5.85 Å². The van der Waals surface area contributed by atoms with Crippen LogP contribution in [0.15, 0.2) is 22.2 Å². The van der Waals surface area contributed by atoms with Crippen LogP contribution in [0.5, 0.6) is 0 Å². The van der Waals surface area contributed by atoms with Crippen LogP contribution >= 0.6 is 23.2 Å². The molecule has 2 rings (SSSR count). The predicted molar refractivity (Wildman–Crippen MR) is 50.4 cm³/mol. The van der Waals surface area contributed by atoms with Crippen LogP contribution in [0.4, 0.5) is 13.2 Å². The molecule has 2 unspecified atom stereocenters. The van der Waals surface area contributed by atoms with Crippen LogP contribution in [0.25, 0.3) is 0 Å². The second-order valence-electron chi connectivity index (χ2n) is 3.73. The summed E-state index contributed by atoms with van der Waals surface area (Å²) in [5, 5.41) is 0.0713. The Morgan fingerprint density at radius 1 is 1.13 bits per heavy atom. The molecule has 3 atom stereocenters. The number of fused-ring (bicyclic) bond motifs is 1. The SMILES string of the molecule is C[C@@]1(F)OC(F)(F)C2C=C(Cl)C(Cl)=CC21. The summed E-state index contributed by atoms with van der Waals surface area (Å²) in [5.41, 5.74) is 0. The molecular weight excluding hydrogens is 252 g/mol. The summed E-state index contributed by atoms with van der Waals surface area (Å²) in [4.78, 5) is 0. The molecule has 2 aliphatic rings. The number of hydrogen-bond donors (Lipinski definition) is 0. The fourth-order valence-electron chi connectivity index (χ4n) is 1.86. The Kier molecular flexibility index (Phi) is 2.38. The van der Waals surface area contributed by atoms with E-state index in [-0.39, 0.29) is 10.1 Å². The van der Waals surface area contributed by atoms with Gasteiger partial charge in [0.25, 0.3) is 0 Å². The molecule has 84 valence electrons. The summed E-state index contributed by atoms with van der Waals surface area (Å²) in [6, 6.07) is 0. The highest BCUT2D eigenvalue weighted by atomic mass is 35.5. The molecule has 0 N–H and O–H groups in total. The van der Waals surface area contributed by atoms with E-state index >= 15 is 0 Å². The summed E-state index contributed by atoms with van der Waals surface area (Å²) in [6.07, 6.45) is -1.34. The monoisotopic (exact) mass is 258 g/mol. The first-order chi connectivity index (χ1) is 6.74. The van der Waals surface area contributed by atoms with Crippen molar-refractivity contribution < 1.29 is 17.9 Å². The molecule has 0 aromatic heterocycles. The lowest BCUT2D eigenvalue weighted by atomic mass is 9.85. The first-order valence-corrected chi connectivity index (χ1v) is 5.01. The van der Waals surface area contributed by atoms with Crippen LogP contribution in [-0.2, 0) is 4.74 Å². The minimum atomic E-state index is -3.55. The van der Waals surface area contributed by atoms with Gasteiger partial charge in [0.1, 0.15) is 0 Å². The van der Waals surface area contributed by atoms with Gasteiger partial charge in [0.15, 0.2) is 0 Å². The number of halogens is 5. The maximum Gasteiger partial charge on any atom is 0.365 e. The normalized spacial score (nSPS) is 43.3. The van der Waals surface area contributed by atoms with Crippen molar-refractivity contribution in [2.24, 2.45) is 11.8 Å². The fourth-order valence-corrected chi connectivity index (χ4v) is 2.26. The number of alkyl halides is 3. The molecule has 0 amide bonds. The molecule has 0 aromatic carbocycles. The largest absolute Gasteiger partial charge is 0.365 e. The van der Waals surface area contributed by atoms with Crippen molar-refractivity contribution in [1.82, 2.24) is 0 Å². The summed E-state index contributed by atoms with van der Waals surface area (Å²) < 4.78 is 44.2. The molecule has 15 heavy (non-hydrogen) atoms. The summed E-state index contributed by atoms with van der Waals surface area (Å²) in [6.45, 7) is 0.958. The summed E-state index contributed by atoms with van der Waals surface area (Å²) in [5.74, 6) is -4.94. The summed E-state index contributed by atoms with van der Waals surface area (Å²) in [7, 11) is 0. The van der Waals surface area contributed by atoms with Gasteiger partial charge in [-0.1, -0.05) is 35.4 Å². The third-order valence-electron chi connectivity index (χ3n) is 2.59. The van der Waals surface area contributed by atoms with Crippen LogP contribution in [0.1, 0.15) is 6.92 Å². The Morgan fingerprint density at radius 3 is 2.13 bits per heavy atom. The number of hydrogen-bond acceptors (Lipinski definition) is 1. The van der Waals surface area contributed by atoms with Gasteiger partial charge in [-0.15, -0.1) is 0 Å². The van der Waals surface area contributed by atoms with Gasteiger partial charge in [-0.3, -0.25) is 4.74 Å². The van der Waals surface area contributed by atoms with E-state index in [4.69, 9.17) is 23.2 Å². The molecule has 6 heteroatoms. The standard InChI is InChI=1S/C9H7Cl2F3O/c1-8(12)4-2-6(10)7(11)3-5(4)9(13,14)15-8/h2-5H,1H3/t4?,5?,8-/m1/s1. The van der Waals surface area contributed by atoms with Gasteiger partial charge in [-0.25, -0.2) is 4.39 Å². The van der Waals surface area contributed by atoms with E-state index in [1.807, 2.05) is 0 Å². The van der Waals surface area contributed by atoms with Gasteiger partial charge in [-0.2, -0.15) is 8.78 Å². The maximum atomic E-state index is 13.7. The molecule has 0 bridgehead atoms. The minimum absolute atomic E-state index is 0.00103. The fraction of sp³-hybridized carbons (Fsp3) is 0.556. The quantitative estimate of drug-likeness (QED) is 0.643. The van der Waals surface area contributed by atoms with Gasteiger partial charge in [-0.05, 0) is 6.92 Å². The lowest BCUT2D eigenvalue weighted by molar-refractivity contribution is -0.290. The van der Waals surface area contributed by atoms with Crippen LogP contribution in [0, 0.1) is 11.8 Å². The maximum absolute atomic E-state index is 13.7. The Bertz CT molecular complexity index is 328. The second kappa shape index (κ2) is 3.15. The Balaban J connectivity index is 2.45. The molecule has 0 radical (unpaired) electrons. The van der Waals surface area contributed by atoms with Crippen LogP contribution in [0.3, 0.4) is 0 Å². The van der Waals surface area contributed by atoms with Crippen molar-refractivity contribution >= 4 is 23.2 Å². The molecule has 1 heterocycles. The van der Waals surface area contributed by atoms with E-state index in [0.717, 1.165) is 13.0 Å². The molecular formula is C9H7Cl2F3O. The van der Waals surface area contributed by atoms with E-state index in [1.54, 1.807) is 0 Å². The van der Waals surface area contributed by atoms with Gasteiger partial charge < -0.3 is 0 Å². The zero-order chi connectivity index (χ0) is 11.4. The summed E-state index contributed by atoms with van der Waals surface area (Å²) >= 11 is 11.3. The molecule has 1 aliphatic carbocycles. The Hall–Kier alpha value is -0.190. The lowest BCUT2D eigenvalue weighted by Gasteiger charge is -2.23. The van der Waals surface area contributed by atoms with Crippen LogP contribution < -0.4 is 0 Å². The van der Waals surface area contributed by atoms with Crippen molar-refractivity contribution in [3.63, 3.8) is 0 Å². The highest BCUT2D eigenvalue weighted by Crippen LogP contribution is 2.54. The lowest BCUT2D eigenvalue weighted by Crippen LogP contribution is -2.27. The van der Waals surface area contributed by atoms with Crippen LogP contribution in [0.2, 0.25) is 0 Å². The van der Waals surface area contributed by atoms with Gasteiger partial charge in [0, 0.05) is 0 Å². The molecule has 0 saturated carbocycles. The number of allylic oxidation sites excluding steroid dienone is 2. The molecule has 1 aliphatic heterocycles. The van der Waals surface area contributed by atoms with E-state index in [2.05, 4.69) is 4.74 Å². The topological polar surface area (TPSA) is 9.23 Å². The third-order valence-corrected chi connectivity index (χ3v) is 3.34. The van der Waals surface area contributed by atoms with E-state index in [0.29, 0.717) is 0 Å². The van der Waals surface area contributed by atoms with Crippen molar-refractivity contribution in [3.8, 4) is 0 Å². The van der Waals surface area contributed by atoms with Crippen LogP contribution in [-0.4, -0.2) is 12.0 Å². The molecule has 1 saturated heterocycles. The van der Waals surface area contributed by atoms with E-state index in [1.165, 1.54) is 6.08 Å². The molecule has 0 aromatic rings. The average Bonchev–Trinajstić information content (AvgIpc) is 2.21. The predicted octanol–water partition coefficient (Wildman–Crippen LogP) is 3.79. The third kappa shape index (κ3) is 1.69. The zero-order valence-electron chi connectivity index (χ0n) is 7.61. The second-order valence-corrected chi connectivity index (χ2v) is 4.54. The first-order valence-electron chi connectivity index (χ1n) is 4.26. The van der Waals surface area contributed by atoms with E-state index in [9.17, 15) is 13.2 Å². The molecule has 0 spiro atoms. The van der Waals surface area contributed by atoms with Gasteiger partial charge >= 0.3 is 6.11 Å². The zero-order valence-corrected chi connectivity index (χ0v) is 9.12. The highest BCUT2D eigenvalue weighted by molar-refractivity contribution is 6.44. The van der Waals surface area contributed by atoms with E-state index < -0.39 is 23.8 Å². The van der Waals surface area contributed by atoms with Crippen molar-refractivity contribution in [3.05, 3.63) is 22.2 Å². The number of rotatable bonds is 0. The average molecular weight is 259 g/mol. The molecule has 1 nitrogen and oxygen atoms in total. The van der Waals surface area contributed by atoms with Crippen molar-refractivity contribution in [2.45, 2.75) is 18.9 Å². The molecule has 1 fully saturated rings. The number of ether oxygens (including phenoxy) is 1. The Morgan fingerprint density at radius 2 is 1.60 bits per heavy atom. The highest BCUT2D eigenvalue weighted by Gasteiger charge is 2.62.